The zero-order valence-electron chi connectivity index (χ0n) is 14.4. The summed E-state index contributed by atoms with van der Waals surface area (Å²) in [7, 11) is 0. The topological polar surface area (TPSA) is 50.7 Å². The molecule has 1 aromatic rings. The minimum atomic E-state index is -0.770. The third-order valence-corrected chi connectivity index (χ3v) is 6.18. The smallest absolute Gasteiger partial charge is 0.256 e. The molecule has 0 spiro atoms. The Hall–Kier alpha value is -1.92. The second-order valence-corrected chi connectivity index (χ2v) is 7.77. The predicted octanol–water partition coefficient (Wildman–Crippen LogP) is 3.55. The molecule has 2 aliphatic heterocycles. The number of rotatable bonds is 2. The molecule has 0 radical (unpaired) electrons. The van der Waals surface area contributed by atoms with Crippen molar-refractivity contribution in [3.63, 3.8) is 0 Å². The number of nitrogens with zero attached hydrogens (tertiary/aromatic N) is 1. The lowest BCUT2D eigenvalue weighted by Crippen LogP contribution is -2.49. The first-order chi connectivity index (χ1) is 12.7. The summed E-state index contributed by atoms with van der Waals surface area (Å²) < 4.78 is 20.3. The molecule has 4 nitrogen and oxygen atoms in total. The van der Waals surface area contributed by atoms with E-state index in [1.54, 1.807) is 12.1 Å². The Morgan fingerprint density at radius 2 is 2.23 bits per heavy atom. The Balaban J connectivity index is 1.66. The van der Waals surface area contributed by atoms with E-state index in [9.17, 15) is 9.18 Å². The summed E-state index contributed by atoms with van der Waals surface area (Å²) >= 11 is 1.53. The first kappa shape index (κ1) is 17.5. The minimum absolute atomic E-state index is 0.161. The quantitative estimate of drug-likeness (QED) is 0.864. The molecule has 1 unspecified atom stereocenters. The first-order valence-corrected chi connectivity index (χ1v) is 9.91. The van der Waals surface area contributed by atoms with E-state index in [-0.39, 0.29) is 17.6 Å². The lowest BCUT2D eigenvalue weighted by Gasteiger charge is -2.44. The predicted molar refractivity (Wildman–Crippen MR) is 101 cm³/mol. The number of thioether (sulfide) groups is 1. The van der Waals surface area contributed by atoms with Crippen molar-refractivity contribution in [1.29, 1.82) is 0 Å². The molecule has 0 aromatic heterocycles. The molecule has 0 saturated carbocycles. The van der Waals surface area contributed by atoms with Gasteiger partial charge in [0.25, 0.3) is 5.91 Å². The highest BCUT2D eigenvalue weighted by atomic mass is 32.2. The molecule has 1 amide bonds. The SMILES string of the molecule is O=C(NC1=N[C@@]2(c3ccccc3F)COCCC2CS1)C1=CCCC=C1. The van der Waals surface area contributed by atoms with E-state index in [0.29, 0.717) is 29.5 Å². The molecule has 2 heterocycles. The van der Waals surface area contributed by atoms with Crippen molar-refractivity contribution in [1.82, 2.24) is 5.32 Å². The van der Waals surface area contributed by atoms with Gasteiger partial charge >= 0.3 is 0 Å². The van der Waals surface area contributed by atoms with Crippen LogP contribution in [0, 0.1) is 11.7 Å². The van der Waals surface area contributed by atoms with Crippen LogP contribution in [0.25, 0.3) is 0 Å². The Labute approximate surface area is 156 Å². The van der Waals surface area contributed by atoms with Crippen molar-refractivity contribution in [2.75, 3.05) is 19.0 Å². The third kappa shape index (κ3) is 3.23. The summed E-state index contributed by atoms with van der Waals surface area (Å²) in [6.45, 7) is 0.997. The zero-order chi connectivity index (χ0) is 18.0. The van der Waals surface area contributed by atoms with Gasteiger partial charge < -0.3 is 10.1 Å². The Kier molecular flexibility index (Phi) is 4.96. The molecule has 1 fully saturated rings. The molecule has 2 atom stereocenters. The van der Waals surface area contributed by atoms with Crippen LogP contribution in [0.4, 0.5) is 4.39 Å². The average Bonchev–Trinajstić information content (AvgIpc) is 2.68. The highest BCUT2D eigenvalue weighted by Crippen LogP contribution is 2.45. The Morgan fingerprint density at radius 1 is 1.35 bits per heavy atom. The molecule has 1 aromatic carbocycles. The lowest BCUT2D eigenvalue weighted by molar-refractivity contribution is -0.115. The van der Waals surface area contributed by atoms with E-state index in [1.807, 2.05) is 24.3 Å². The van der Waals surface area contributed by atoms with Gasteiger partial charge in [-0.3, -0.25) is 4.79 Å². The van der Waals surface area contributed by atoms with E-state index >= 15 is 0 Å². The van der Waals surface area contributed by atoms with Crippen molar-refractivity contribution >= 4 is 22.8 Å². The highest BCUT2D eigenvalue weighted by molar-refractivity contribution is 8.13. The van der Waals surface area contributed by atoms with Gasteiger partial charge in [0.05, 0.1) is 6.61 Å². The van der Waals surface area contributed by atoms with Crippen LogP contribution >= 0.6 is 11.8 Å². The van der Waals surface area contributed by atoms with Gasteiger partial charge in [0.2, 0.25) is 0 Å². The standard InChI is InChI=1S/C20H21FN2O2S/c21-17-9-5-4-8-16(17)20-13-25-11-10-15(20)12-26-19(23-20)22-18(24)14-6-2-1-3-7-14/h2,4-9,15H,1,3,10-13H2,(H,22,23,24)/t15?,20-/m0/s1. The van der Waals surface area contributed by atoms with Crippen LogP contribution in [-0.4, -0.2) is 30.0 Å². The lowest BCUT2D eigenvalue weighted by atomic mass is 9.76. The van der Waals surface area contributed by atoms with E-state index in [1.165, 1.54) is 17.8 Å². The number of benzene rings is 1. The number of aliphatic imine (C=N–C) groups is 1. The number of allylic oxidation sites excluding steroid dienone is 2. The fourth-order valence-electron chi connectivity index (χ4n) is 3.73. The van der Waals surface area contributed by atoms with Crippen LogP contribution in [0.2, 0.25) is 0 Å². The number of fused-ring (bicyclic) bond motifs is 1. The number of amidine groups is 1. The van der Waals surface area contributed by atoms with E-state index in [0.717, 1.165) is 25.0 Å². The molecule has 3 aliphatic rings. The van der Waals surface area contributed by atoms with Gasteiger partial charge in [-0.2, -0.15) is 0 Å². The van der Waals surface area contributed by atoms with Gasteiger partial charge in [-0.1, -0.05) is 48.2 Å². The normalized spacial score (nSPS) is 28.0. The molecule has 1 saturated heterocycles. The summed E-state index contributed by atoms with van der Waals surface area (Å²) in [5, 5.41) is 3.45. The molecule has 1 aliphatic carbocycles. The maximum atomic E-state index is 14.6. The van der Waals surface area contributed by atoms with Gasteiger partial charge in [0.1, 0.15) is 11.4 Å². The van der Waals surface area contributed by atoms with Crippen LogP contribution in [0.3, 0.4) is 0 Å². The van der Waals surface area contributed by atoms with Crippen molar-refractivity contribution in [2.45, 2.75) is 24.8 Å². The zero-order valence-corrected chi connectivity index (χ0v) is 15.2. The van der Waals surface area contributed by atoms with Crippen molar-refractivity contribution in [3.05, 3.63) is 59.4 Å². The van der Waals surface area contributed by atoms with Crippen LogP contribution < -0.4 is 5.32 Å². The number of carbonyl (C=O) groups is 1. The highest BCUT2D eigenvalue weighted by Gasteiger charge is 2.47. The summed E-state index contributed by atoms with van der Waals surface area (Å²) in [5.41, 5.74) is 0.434. The molecule has 0 bridgehead atoms. The minimum Gasteiger partial charge on any atom is -0.379 e. The third-order valence-electron chi connectivity index (χ3n) is 5.15. The number of halogens is 1. The largest absolute Gasteiger partial charge is 0.379 e. The van der Waals surface area contributed by atoms with Gasteiger partial charge in [-0.25, -0.2) is 9.38 Å². The molecule has 4 rings (SSSR count). The summed E-state index contributed by atoms with van der Waals surface area (Å²) in [5.74, 6) is 0.534. The summed E-state index contributed by atoms with van der Waals surface area (Å²) in [6.07, 6.45) is 8.43. The van der Waals surface area contributed by atoms with E-state index in [4.69, 9.17) is 9.73 Å². The van der Waals surface area contributed by atoms with Crippen LogP contribution in [0.5, 0.6) is 0 Å². The number of ether oxygens (including phenoxy) is 1. The van der Waals surface area contributed by atoms with Crippen LogP contribution in [-0.2, 0) is 15.1 Å². The van der Waals surface area contributed by atoms with Crippen molar-refractivity contribution < 1.29 is 13.9 Å². The summed E-state index contributed by atoms with van der Waals surface area (Å²) in [6, 6.07) is 6.75. The second-order valence-electron chi connectivity index (χ2n) is 6.76. The fraction of sp³-hybridized carbons (Fsp3) is 0.400. The number of carbonyl (C=O) groups excluding carboxylic acids is 1. The molecule has 6 heteroatoms. The maximum Gasteiger partial charge on any atom is 0.256 e. The molecular weight excluding hydrogens is 351 g/mol. The van der Waals surface area contributed by atoms with E-state index < -0.39 is 5.54 Å². The number of nitrogens with one attached hydrogen (secondary N) is 1. The van der Waals surface area contributed by atoms with Gasteiger partial charge in [0, 0.05) is 29.4 Å². The fourth-order valence-corrected chi connectivity index (χ4v) is 4.93. The monoisotopic (exact) mass is 372 g/mol. The molecule has 136 valence electrons. The van der Waals surface area contributed by atoms with Crippen LogP contribution in [0.15, 0.2) is 53.1 Å². The maximum absolute atomic E-state index is 14.6. The van der Waals surface area contributed by atoms with Crippen molar-refractivity contribution in [2.24, 2.45) is 10.9 Å². The van der Waals surface area contributed by atoms with Gasteiger partial charge in [0.15, 0.2) is 5.17 Å². The Morgan fingerprint density at radius 3 is 3.04 bits per heavy atom. The molecule has 1 N–H and O–H groups in total. The second kappa shape index (κ2) is 7.37. The summed E-state index contributed by atoms with van der Waals surface area (Å²) in [4.78, 5) is 17.3. The van der Waals surface area contributed by atoms with Gasteiger partial charge in [-0.05, 0) is 25.3 Å². The number of hydrogen-bond donors (Lipinski definition) is 1. The average molecular weight is 372 g/mol. The molecular formula is C20H21FN2O2S. The van der Waals surface area contributed by atoms with Crippen LogP contribution in [0.1, 0.15) is 24.8 Å². The van der Waals surface area contributed by atoms with Gasteiger partial charge in [-0.15, -0.1) is 0 Å². The number of hydrogen-bond acceptors (Lipinski definition) is 4. The molecule has 26 heavy (non-hydrogen) atoms. The first-order valence-electron chi connectivity index (χ1n) is 8.92. The Bertz CT molecular complexity index is 805. The number of amides is 1. The van der Waals surface area contributed by atoms with Crippen molar-refractivity contribution in [3.8, 4) is 0 Å². The van der Waals surface area contributed by atoms with E-state index in [2.05, 4.69) is 5.32 Å².